The van der Waals surface area contributed by atoms with Crippen molar-refractivity contribution >= 4 is 30.7 Å². The Morgan fingerprint density at radius 2 is 1.54 bits per heavy atom. The van der Waals surface area contributed by atoms with Gasteiger partial charge >= 0.3 is 12.4 Å². The van der Waals surface area contributed by atoms with Crippen molar-refractivity contribution < 1.29 is 40.6 Å². The lowest BCUT2D eigenvalue weighted by Crippen LogP contribution is -2.56. The molecule has 0 saturated carbocycles. The Kier molecular flexibility index (Phi) is 14.7. The summed E-state index contributed by atoms with van der Waals surface area (Å²) in [5.74, 6) is 5.52. The van der Waals surface area contributed by atoms with Gasteiger partial charge in [0.1, 0.15) is 0 Å². The van der Waals surface area contributed by atoms with Crippen LogP contribution < -0.4 is 0 Å². The topological polar surface area (TPSA) is 45.3 Å². The van der Waals surface area contributed by atoms with Gasteiger partial charge in [-0.3, -0.25) is 14.6 Å². The Bertz CT molecular complexity index is 1350. The maximum Gasteiger partial charge on any atom is 0.416 e. The molecule has 0 bridgehead atoms. The second kappa shape index (κ2) is 17.0. The molecule has 2 fully saturated rings. The Hall–Kier alpha value is -2.53. The lowest BCUT2D eigenvalue weighted by molar-refractivity contribution is -0.143. The molecule has 14 heteroatoms. The van der Waals surface area contributed by atoms with Gasteiger partial charge < -0.3 is 14.4 Å². The second-order valence-corrected chi connectivity index (χ2v) is 11.3. The number of carbonyl (C=O) groups is 1. The van der Waals surface area contributed by atoms with E-state index in [1.165, 1.54) is 4.90 Å². The summed E-state index contributed by atoms with van der Waals surface area (Å²) >= 11 is 0. The first-order valence-electron chi connectivity index (χ1n) is 14.4. The van der Waals surface area contributed by atoms with Crippen molar-refractivity contribution in [3.05, 3.63) is 69.8 Å². The molecule has 2 aliphatic rings. The summed E-state index contributed by atoms with van der Waals surface area (Å²) in [4.78, 5) is 19.3. The van der Waals surface area contributed by atoms with Crippen LogP contribution in [0.4, 0.5) is 26.3 Å². The van der Waals surface area contributed by atoms with Crippen LogP contribution in [0.5, 0.6) is 0 Å². The highest BCUT2D eigenvalue weighted by Gasteiger charge is 2.39. The fourth-order valence-electron chi connectivity index (χ4n) is 5.52. The predicted octanol–water partition coefficient (Wildman–Crippen LogP) is 5.90. The summed E-state index contributed by atoms with van der Waals surface area (Å²) in [5, 5.41) is 0. The molecular weight excluding hydrogens is 659 g/mol. The number of piperazine rings is 1. The summed E-state index contributed by atoms with van der Waals surface area (Å²) in [7, 11) is 1.64. The van der Waals surface area contributed by atoms with Gasteiger partial charge in [0.15, 0.2) is 0 Å². The van der Waals surface area contributed by atoms with Gasteiger partial charge in [-0.1, -0.05) is 30.0 Å². The van der Waals surface area contributed by atoms with Crippen LogP contribution in [-0.2, 0) is 28.2 Å². The summed E-state index contributed by atoms with van der Waals surface area (Å²) in [6.45, 7) is 8.21. The third-order valence-electron chi connectivity index (χ3n) is 8.12. The van der Waals surface area contributed by atoms with E-state index in [1.807, 2.05) is 32.0 Å². The van der Waals surface area contributed by atoms with Crippen LogP contribution in [0.3, 0.4) is 0 Å². The van der Waals surface area contributed by atoms with Crippen LogP contribution in [0.1, 0.15) is 38.2 Å². The van der Waals surface area contributed by atoms with Crippen molar-refractivity contribution in [1.29, 1.82) is 0 Å². The molecule has 0 radical (unpaired) electrons. The van der Waals surface area contributed by atoms with E-state index < -0.39 is 41.0 Å². The maximum absolute atomic E-state index is 13.6. The predicted molar refractivity (Wildman–Crippen MR) is 168 cm³/mol. The highest BCUT2D eigenvalue weighted by molar-refractivity contribution is 5.95. The molecule has 2 atom stereocenters. The minimum atomic E-state index is -5.04. The fourth-order valence-corrected chi connectivity index (χ4v) is 5.52. The molecule has 1 unspecified atom stereocenters. The van der Waals surface area contributed by atoms with Crippen molar-refractivity contribution in [1.82, 2.24) is 14.7 Å². The number of hydrogen-bond donors (Lipinski definition) is 0. The van der Waals surface area contributed by atoms with Crippen molar-refractivity contribution in [2.24, 2.45) is 0 Å². The van der Waals surface area contributed by atoms with Gasteiger partial charge in [0.05, 0.1) is 50.1 Å². The molecule has 0 spiro atoms. The molecule has 6 nitrogen and oxygen atoms in total. The number of aryl methyl sites for hydroxylation is 2. The number of nitrogens with zero attached hydrogens (tertiary/aromatic N) is 3. The van der Waals surface area contributed by atoms with Gasteiger partial charge in [0.25, 0.3) is 5.91 Å². The van der Waals surface area contributed by atoms with Crippen LogP contribution in [0.2, 0.25) is 0 Å². The Labute approximate surface area is 278 Å². The lowest BCUT2D eigenvalue weighted by atomic mass is 9.97. The number of carbonyl (C=O) groups excluding carboxylic acids is 1. The first-order valence-corrected chi connectivity index (χ1v) is 14.4. The lowest BCUT2D eigenvalue weighted by Gasteiger charge is -2.41. The number of rotatable bonds is 7. The summed E-state index contributed by atoms with van der Waals surface area (Å²) in [5.41, 5.74) is -0.617. The molecule has 0 aromatic heterocycles. The van der Waals surface area contributed by atoms with Crippen molar-refractivity contribution in [3.63, 3.8) is 0 Å². The molecule has 0 aliphatic carbocycles. The normalized spacial score (nSPS) is 19.5. The SMILES string of the molecule is COCC1COCCN1CC#CCN1CCN(C(=O)c2cc(C(F)(F)F)cc(C(F)(F)F)c2)[C@H](Cc2ccc(C)c(C)c2)C1.Cl.Cl. The van der Waals surface area contributed by atoms with Crippen molar-refractivity contribution in [3.8, 4) is 11.8 Å². The number of morpholine rings is 1. The first kappa shape index (κ1) is 39.6. The standard InChI is InChI=1S/C32H37F6N3O3.2ClH/c1-22-6-7-24(14-23(22)2)15-28-19-39(8-4-5-9-40-12-13-44-21-29(40)20-43-3)10-11-41(28)30(42)25-16-26(31(33,34)35)18-27(17-25)32(36,37)38;;/h6-7,14,16-18,28-29H,8-13,15,19-21H2,1-3H3;2*1H/t28-,29?;;/m1../s1. The Morgan fingerprint density at radius 1 is 0.891 bits per heavy atom. The van der Waals surface area contributed by atoms with E-state index in [-0.39, 0.29) is 43.5 Å². The number of hydrogen-bond acceptors (Lipinski definition) is 5. The second-order valence-electron chi connectivity index (χ2n) is 11.3. The monoisotopic (exact) mass is 697 g/mol. The van der Waals surface area contributed by atoms with Crippen LogP contribution in [-0.4, -0.2) is 98.9 Å². The molecule has 2 aromatic carbocycles. The molecule has 4 rings (SSSR count). The third-order valence-corrected chi connectivity index (χ3v) is 8.12. The number of amides is 1. The number of ether oxygens (including phenoxy) is 2. The van der Waals surface area contributed by atoms with E-state index in [2.05, 4.69) is 21.6 Å². The van der Waals surface area contributed by atoms with E-state index in [1.54, 1.807) is 7.11 Å². The molecular formula is C32H39Cl2F6N3O3. The van der Waals surface area contributed by atoms with Crippen molar-refractivity contribution in [2.45, 2.75) is 44.7 Å². The largest absolute Gasteiger partial charge is 0.416 e. The molecule has 2 aromatic rings. The summed E-state index contributed by atoms with van der Waals surface area (Å²) < 4.78 is 92.0. The summed E-state index contributed by atoms with van der Waals surface area (Å²) in [6, 6.07) is 6.54. The van der Waals surface area contributed by atoms with Gasteiger partial charge in [-0.2, -0.15) is 26.3 Å². The Morgan fingerprint density at radius 3 is 2.15 bits per heavy atom. The number of halogens is 8. The smallest absolute Gasteiger partial charge is 0.383 e. The molecule has 46 heavy (non-hydrogen) atoms. The number of methoxy groups -OCH3 is 1. The molecule has 256 valence electrons. The van der Waals surface area contributed by atoms with Gasteiger partial charge in [0.2, 0.25) is 0 Å². The highest BCUT2D eigenvalue weighted by atomic mass is 35.5. The van der Waals surface area contributed by atoms with Gasteiger partial charge in [-0.25, -0.2) is 0 Å². The third kappa shape index (κ3) is 10.5. The summed E-state index contributed by atoms with van der Waals surface area (Å²) in [6.07, 6.45) is -9.71. The van der Waals surface area contributed by atoms with E-state index in [9.17, 15) is 31.1 Å². The zero-order valence-electron chi connectivity index (χ0n) is 25.8. The van der Waals surface area contributed by atoms with Gasteiger partial charge in [0, 0.05) is 44.9 Å². The number of benzene rings is 2. The fraction of sp³-hybridized carbons (Fsp3) is 0.531. The average Bonchev–Trinajstić information content (AvgIpc) is 2.97. The molecule has 0 N–H and O–H groups in total. The molecule has 1 amide bonds. The van der Waals surface area contributed by atoms with E-state index in [0.717, 1.165) is 23.2 Å². The first-order chi connectivity index (χ1) is 20.8. The maximum atomic E-state index is 13.6. The van der Waals surface area contributed by atoms with Gasteiger partial charge in [-0.15, -0.1) is 24.8 Å². The van der Waals surface area contributed by atoms with Gasteiger partial charge in [-0.05, 0) is 55.2 Å². The van der Waals surface area contributed by atoms with Crippen molar-refractivity contribution in [2.75, 3.05) is 66.2 Å². The zero-order chi connectivity index (χ0) is 32.1. The molecule has 2 saturated heterocycles. The molecule has 2 heterocycles. The minimum absolute atomic E-state index is 0. The van der Waals surface area contributed by atoms with Crippen LogP contribution >= 0.6 is 24.8 Å². The van der Waals surface area contributed by atoms with E-state index >= 15 is 0 Å². The highest BCUT2D eigenvalue weighted by Crippen LogP contribution is 2.37. The average molecular weight is 699 g/mol. The van der Waals surface area contributed by atoms with Crippen LogP contribution in [0.15, 0.2) is 36.4 Å². The van der Waals surface area contributed by atoms with Crippen LogP contribution in [0, 0.1) is 25.7 Å². The van der Waals surface area contributed by atoms with E-state index in [0.29, 0.717) is 64.6 Å². The Balaban J connectivity index is 0.00000368. The van der Waals surface area contributed by atoms with E-state index in [4.69, 9.17) is 9.47 Å². The molecule has 2 aliphatic heterocycles. The quantitative estimate of drug-likeness (QED) is 0.266. The zero-order valence-corrected chi connectivity index (χ0v) is 27.5. The number of alkyl halides is 6. The van der Waals surface area contributed by atoms with Crippen LogP contribution in [0.25, 0.3) is 0 Å². The minimum Gasteiger partial charge on any atom is -0.383 e.